The molecule has 1 amide bonds. The Morgan fingerprint density at radius 1 is 1.07 bits per heavy atom. The number of anilines is 2. The largest absolute Gasteiger partial charge is 0.497 e. The van der Waals surface area contributed by atoms with Gasteiger partial charge in [-0.2, -0.15) is 0 Å². The molecule has 0 aliphatic carbocycles. The fraction of sp³-hybridized carbons (Fsp3) is 0.316. The summed E-state index contributed by atoms with van der Waals surface area (Å²) in [5, 5.41) is 2.73. The van der Waals surface area contributed by atoms with Crippen molar-refractivity contribution in [1.82, 2.24) is 0 Å². The topological polar surface area (TPSA) is 84.9 Å². The minimum atomic E-state index is -3.68. The maximum absolute atomic E-state index is 12.6. The number of carbonyl (C=O) groups excluding carboxylic acids is 1. The molecule has 0 aromatic heterocycles. The van der Waals surface area contributed by atoms with Gasteiger partial charge in [0, 0.05) is 5.69 Å². The second kappa shape index (κ2) is 8.77. The van der Waals surface area contributed by atoms with E-state index >= 15 is 0 Å². The highest BCUT2D eigenvalue weighted by atomic mass is 32.2. The van der Waals surface area contributed by atoms with Gasteiger partial charge in [-0.05, 0) is 62.4 Å². The molecule has 0 fully saturated rings. The molecule has 0 saturated heterocycles. The van der Waals surface area contributed by atoms with E-state index in [0.717, 1.165) is 10.6 Å². The van der Waals surface area contributed by atoms with Gasteiger partial charge in [-0.25, -0.2) is 8.42 Å². The molecule has 1 N–H and O–H groups in total. The molecule has 2 aromatic rings. The summed E-state index contributed by atoms with van der Waals surface area (Å²) >= 11 is 0. The summed E-state index contributed by atoms with van der Waals surface area (Å²) in [4.78, 5) is 12.6. The normalized spacial score (nSPS) is 12.1. The molecule has 7 nitrogen and oxygen atoms in total. The van der Waals surface area contributed by atoms with Gasteiger partial charge >= 0.3 is 0 Å². The summed E-state index contributed by atoms with van der Waals surface area (Å²) in [6, 6.07) is 12.4. The summed E-state index contributed by atoms with van der Waals surface area (Å²) in [7, 11) is -2.15. The van der Waals surface area contributed by atoms with Crippen LogP contribution < -0.4 is 19.1 Å². The van der Waals surface area contributed by atoms with E-state index in [1.807, 2.05) is 6.92 Å². The quantitative estimate of drug-likeness (QED) is 0.747. The van der Waals surface area contributed by atoms with Crippen LogP contribution in [0.4, 0.5) is 11.4 Å². The number of ether oxygens (including phenoxy) is 2. The highest BCUT2D eigenvalue weighted by molar-refractivity contribution is 7.92. The van der Waals surface area contributed by atoms with Crippen molar-refractivity contribution in [3.63, 3.8) is 0 Å². The van der Waals surface area contributed by atoms with Crippen molar-refractivity contribution in [3.05, 3.63) is 48.5 Å². The second-order valence-corrected chi connectivity index (χ2v) is 7.74. The van der Waals surface area contributed by atoms with Gasteiger partial charge < -0.3 is 14.8 Å². The van der Waals surface area contributed by atoms with Crippen LogP contribution in [-0.2, 0) is 14.8 Å². The number of benzene rings is 2. The number of nitrogens with one attached hydrogen (secondary N) is 1. The van der Waals surface area contributed by atoms with E-state index in [9.17, 15) is 13.2 Å². The number of amides is 1. The van der Waals surface area contributed by atoms with Gasteiger partial charge in [0.2, 0.25) is 15.9 Å². The minimum absolute atomic E-state index is 0.382. The van der Waals surface area contributed by atoms with Crippen LogP contribution in [0.15, 0.2) is 48.5 Å². The Bertz CT molecular complexity index is 864. The lowest BCUT2D eigenvalue weighted by atomic mass is 10.2. The van der Waals surface area contributed by atoms with Crippen LogP contribution in [0.1, 0.15) is 13.8 Å². The Morgan fingerprint density at radius 3 is 2.11 bits per heavy atom. The average molecular weight is 392 g/mol. The minimum Gasteiger partial charge on any atom is -0.497 e. The predicted molar refractivity (Wildman–Crippen MR) is 106 cm³/mol. The summed E-state index contributed by atoms with van der Waals surface area (Å²) in [5.74, 6) is 0.846. The van der Waals surface area contributed by atoms with Crippen molar-refractivity contribution >= 4 is 27.3 Å². The lowest BCUT2D eigenvalue weighted by Crippen LogP contribution is -2.45. The Kier molecular flexibility index (Phi) is 6.68. The van der Waals surface area contributed by atoms with Gasteiger partial charge in [0.25, 0.3) is 0 Å². The molecule has 27 heavy (non-hydrogen) atoms. The number of carbonyl (C=O) groups is 1. The van der Waals surface area contributed by atoms with Crippen LogP contribution in [-0.4, -0.2) is 40.3 Å². The lowest BCUT2D eigenvalue weighted by molar-refractivity contribution is -0.116. The number of nitrogens with zero attached hydrogens (tertiary/aromatic N) is 1. The average Bonchev–Trinajstić information content (AvgIpc) is 2.63. The van der Waals surface area contributed by atoms with Crippen LogP contribution in [0, 0.1) is 0 Å². The summed E-state index contributed by atoms with van der Waals surface area (Å²) in [6.45, 7) is 3.97. The molecule has 1 atom stereocenters. The van der Waals surface area contributed by atoms with E-state index in [1.54, 1.807) is 48.5 Å². The van der Waals surface area contributed by atoms with Crippen LogP contribution in [0.2, 0.25) is 0 Å². The second-order valence-electron chi connectivity index (χ2n) is 5.88. The standard InChI is InChI=1S/C19H24N2O5S/c1-5-26-18-10-6-15(7-11-18)20-19(22)14(2)21(27(4,23)24)16-8-12-17(25-3)13-9-16/h6-14H,5H2,1-4H3,(H,20,22)/t14-/m1/s1. The molecule has 0 unspecified atom stereocenters. The molecule has 0 heterocycles. The molecule has 146 valence electrons. The van der Waals surface area contributed by atoms with Gasteiger partial charge in [-0.3, -0.25) is 9.10 Å². The van der Waals surface area contributed by atoms with Crippen LogP contribution in [0.5, 0.6) is 11.5 Å². The van der Waals surface area contributed by atoms with Crippen molar-refractivity contribution in [2.24, 2.45) is 0 Å². The van der Waals surface area contributed by atoms with Crippen LogP contribution >= 0.6 is 0 Å². The van der Waals surface area contributed by atoms with Crippen molar-refractivity contribution < 1.29 is 22.7 Å². The molecule has 0 saturated carbocycles. The molecule has 0 radical (unpaired) electrons. The monoisotopic (exact) mass is 392 g/mol. The Hall–Kier alpha value is -2.74. The zero-order chi connectivity index (χ0) is 20.0. The molecule has 0 spiro atoms. The lowest BCUT2D eigenvalue weighted by Gasteiger charge is -2.28. The van der Waals surface area contributed by atoms with Crippen molar-refractivity contribution in [2.75, 3.05) is 29.6 Å². The zero-order valence-electron chi connectivity index (χ0n) is 15.8. The van der Waals surface area contributed by atoms with Crippen molar-refractivity contribution in [3.8, 4) is 11.5 Å². The highest BCUT2D eigenvalue weighted by Crippen LogP contribution is 2.24. The first kappa shape index (κ1) is 20.6. The molecule has 8 heteroatoms. The zero-order valence-corrected chi connectivity index (χ0v) is 16.6. The van der Waals surface area contributed by atoms with Gasteiger partial charge in [0.15, 0.2) is 0 Å². The smallest absolute Gasteiger partial charge is 0.247 e. The summed E-state index contributed by atoms with van der Waals surface area (Å²) in [5.41, 5.74) is 0.936. The van der Waals surface area contributed by atoms with E-state index < -0.39 is 22.0 Å². The number of sulfonamides is 1. The molecule has 0 aliphatic heterocycles. The first-order valence-corrected chi connectivity index (χ1v) is 10.3. The SMILES string of the molecule is CCOc1ccc(NC(=O)[C@@H](C)N(c2ccc(OC)cc2)S(C)(=O)=O)cc1. The fourth-order valence-corrected chi connectivity index (χ4v) is 3.76. The Morgan fingerprint density at radius 2 is 1.63 bits per heavy atom. The van der Waals surface area contributed by atoms with E-state index in [-0.39, 0.29) is 0 Å². The third kappa shape index (κ3) is 5.37. The Labute approximate surface area is 160 Å². The van der Waals surface area contributed by atoms with Crippen LogP contribution in [0.3, 0.4) is 0 Å². The summed E-state index contributed by atoms with van der Waals surface area (Å²) < 4.78 is 36.1. The number of hydrogen-bond acceptors (Lipinski definition) is 5. The third-order valence-electron chi connectivity index (χ3n) is 3.85. The fourth-order valence-electron chi connectivity index (χ4n) is 2.59. The van der Waals surface area contributed by atoms with Gasteiger partial charge in [-0.15, -0.1) is 0 Å². The first-order valence-electron chi connectivity index (χ1n) is 8.43. The predicted octanol–water partition coefficient (Wildman–Crippen LogP) is 2.89. The van der Waals surface area contributed by atoms with Gasteiger partial charge in [0.05, 0.1) is 25.7 Å². The first-order chi connectivity index (χ1) is 12.8. The number of methoxy groups -OCH3 is 1. The summed E-state index contributed by atoms with van der Waals surface area (Å²) in [6.07, 6.45) is 1.07. The van der Waals surface area contributed by atoms with Crippen LogP contribution in [0.25, 0.3) is 0 Å². The van der Waals surface area contributed by atoms with Crippen molar-refractivity contribution in [2.45, 2.75) is 19.9 Å². The molecular weight excluding hydrogens is 368 g/mol. The molecule has 0 bridgehead atoms. The van der Waals surface area contributed by atoms with E-state index in [0.29, 0.717) is 29.5 Å². The molecule has 2 aromatic carbocycles. The highest BCUT2D eigenvalue weighted by Gasteiger charge is 2.29. The Balaban J connectivity index is 2.21. The number of rotatable bonds is 8. The van der Waals surface area contributed by atoms with E-state index in [2.05, 4.69) is 5.32 Å². The molecule has 2 rings (SSSR count). The van der Waals surface area contributed by atoms with Gasteiger partial charge in [0.1, 0.15) is 17.5 Å². The molecular formula is C19H24N2O5S. The maximum Gasteiger partial charge on any atom is 0.247 e. The van der Waals surface area contributed by atoms with E-state index in [4.69, 9.17) is 9.47 Å². The number of hydrogen-bond donors (Lipinski definition) is 1. The van der Waals surface area contributed by atoms with E-state index in [1.165, 1.54) is 14.0 Å². The van der Waals surface area contributed by atoms with Crippen molar-refractivity contribution in [1.29, 1.82) is 0 Å². The molecule has 0 aliphatic rings. The third-order valence-corrected chi connectivity index (χ3v) is 5.09. The maximum atomic E-state index is 12.6. The van der Waals surface area contributed by atoms with Gasteiger partial charge in [-0.1, -0.05) is 0 Å².